The molecule has 1 aromatic heterocycles. The van der Waals surface area contributed by atoms with Gasteiger partial charge in [-0.05, 0) is 15.9 Å². The zero-order chi connectivity index (χ0) is 14.6. The number of methoxy groups -OCH3 is 2. The molecule has 0 spiro atoms. The van der Waals surface area contributed by atoms with E-state index in [0.29, 0.717) is 49.4 Å². The van der Waals surface area contributed by atoms with E-state index in [1.807, 2.05) is 0 Å². The van der Waals surface area contributed by atoms with Gasteiger partial charge in [-0.2, -0.15) is 5.10 Å². The lowest BCUT2D eigenvalue weighted by molar-refractivity contribution is -0.0668. The highest BCUT2D eigenvalue weighted by Crippen LogP contribution is 2.31. The minimum Gasteiger partial charge on any atom is -0.383 e. The molecule has 1 fully saturated rings. The third kappa shape index (κ3) is 2.95. The lowest BCUT2D eigenvalue weighted by Gasteiger charge is -2.34. The highest BCUT2D eigenvalue weighted by atomic mass is 79.9. The first kappa shape index (κ1) is 15.6. The molecule has 7 heteroatoms. The molecule has 0 aliphatic carbocycles. The first-order chi connectivity index (χ1) is 9.64. The zero-order valence-electron chi connectivity index (χ0n) is 11.7. The molecular weight excluding hydrogens is 328 g/mol. The predicted molar refractivity (Wildman–Crippen MR) is 75.9 cm³/mol. The monoisotopic (exact) mass is 346 g/mol. The molecule has 20 heavy (non-hydrogen) atoms. The second-order valence-electron chi connectivity index (χ2n) is 4.70. The van der Waals surface area contributed by atoms with Crippen LogP contribution < -0.4 is 0 Å². The maximum atomic E-state index is 12.9. The minimum atomic E-state index is -0.814. The van der Waals surface area contributed by atoms with Crippen LogP contribution in [0.5, 0.6) is 0 Å². The molecular formula is C13H19BrN2O4. The number of nitrogens with zero attached hydrogens (tertiary/aromatic N) is 2. The van der Waals surface area contributed by atoms with Crippen LogP contribution in [-0.4, -0.2) is 55.2 Å². The molecule has 112 valence electrons. The Kier molecular flexibility index (Phi) is 5.31. The fourth-order valence-electron chi connectivity index (χ4n) is 2.38. The van der Waals surface area contributed by atoms with Gasteiger partial charge in [0.1, 0.15) is 11.3 Å². The second kappa shape index (κ2) is 6.80. The van der Waals surface area contributed by atoms with Crippen LogP contribution in [-0.2, 0) is 20.8 Å². The van der Waals surface area contributed by atoms with Gasteiger partial charge >= 0.3 is 0 Å². The van der Waals surface area contributed by atoms with E-state index in [0.717, 1.165) is 0 Å². The van der Waals surface area contributed by atoms with Crippen LogP contribution in [0.4, 0.5) is 0 Å². The molecule has 2 rings (SSSR count). The molecule has 0 aromatic carbocycles. The van der Waals surface area contributed by atoms with Crippen LogP contribution in [0.15, 0.2) is 10.7 Å². The van der Waals surface area contributed by atoms with Crippen LogP contribution in [0.2, 0.25) is 0 Å². The van der Waals surface area contributed by atoms with Gasteiger partial charge in [-0.3, -0.25) is 9.48 Å². The molecule has 0 saturated carbocycles. The Hall–Kier alpha value is -0.760. The lowest BCUT2D eigenvalue weighted by atomic mass is 9.87. The number of carbonyl (C=O) groups is 1. The summed E-state index contributed by atoms with van der Waals surface area (Å²) in [6.45, 7) is 2.09. The number of aromatic nitrogens is 2. The highest BCUT2D eigenvalue weighted by Gasteiger charge is 2.42. The van der Waals surface area contributed by atoms with Gasteiger partial charge in [0, 0.05) is 40.3 Å². The number of Topliss-reactive ketones (excluding diaryl/α,β-unsaturated/α-hetero) is 1. The van der Waals surface area contributed by atoms with Crippen molar-refractivity contribution in [2.75, 3.05) is 34.0 Å². The standard InChI is InChI=1S/C13H19BrN2O4/c1-18-8-5-16-11(10(14)9-15-16)12(17)13(19-2)3-6-20-7-4-13/h9H,3-8H2,1-2H3. The SMILES string of the molecule is COCCn1ncc(Br)c1C(=O)C1(OC)CCOCC1. The van der Waals surface area contributed by atoms with Gasteiger partial charge in [-0.1, -0.05) is 0 Å². The Labute approximate surface area is 126 Å². The molecule has 0 unspecified atom stereocenters. The third-order valence-electron chi connectivity index (χ3n) is 3.62. The Morgan fingerprint density at radius 3 is 2.80 bits per heavy atom. The number of halogens is 1. The summed E-state index contributed by atoms with van der Waals surface area (Å²) in [4.78, 5) is 12.9. The molecule has 0 bridgehead atoms. The van der Waals surface area contributed by atoms with Crippen molar-refractivity contribution in [2.24, 2.45) is 0 Å². The van der Waals surface area contributed by atoms with Crippen molar-refractivity contribution >= 4 is 21.7 Å². The van der Waals surface area contributed by atoms with Crippen LogP contribution in [0, 0.1) is 0 Å². The molecule has 1 saturated heterocycles. The first-order valence-corrected chi connectivity index (χ1v) is 7.32. The maximum absolute atomic E-state index is 12.9. The van der Waals surface area contributed by atoms with Gasteiger partial charge in [-0.25, -0.2) is 0 Å². The number of hydrogen-bond donors (Lipinski definition) is 0. The molecule has 0 amide bonds. The van der Waals surface area contributed by atoms with Crippen molar-refractivity contribution < 1.29 is 19.0 Å². The van der Waals surface area contributed by atoms with Crippen LogP contribution >= 0.6 is 15.9 Å². The average Bonchev–Trinajstić information content (AvgIpc) is 2.85. The summed E-state index contributed by atoms with van der Waals surface area (Å²) in [7, 11) is 3.20. The van der Waals surface area contributed by atoms with E-state index in [-0.39, 0.29) is 5.78 Å². The molecule has 6 nitrogen and oxygen atoms in total. The van der Waals surface area contributed by atoms with Crippen molar-refractivity contribution in [3.05, 3.63) is 16.4 Å². The molecule has 1 aromatic rings. The van der Waals surface area contributed by atoms with Gasteiger partial charge < -0.3 is 14.2 Å². The van der Waals surface area contributed by atoms with Gasteiger partial charge in [0.15, 0.2) is 0 Å². The summed E-state index contributed by atoms with van der Waals surface area (Å²) in [6, 6.07) is 0. The second-order valence-corrected chi connectivity index (χ2v) is 5.55. The molecule has 0 atom stereocenters. The molecule has 0 N–H and O–H groups in total. The molecule has 1 aliphatic heterocycles. The van der Waals surface area contributed by atoms with E-state index < -0.39 is 5.60 Å². The summed E-state index contributed by atoms with van der Waals surface area (Å²) in [5.74, 6) is -0.0521. The van der Waals surface area contributed by atoms with E-state index in [1.165, 1.54) is 0 Å². The maximum Gasteiger partial charge on any atom is 0.213 e. The molecule has 0 radical (unpaired) electrons. The number of ether oxygens (including phenoxy) is 3. The third-order valence-corrected chi connectivity index (χ3v) is 4.20. The lowest BCUT2D eigenvalue weighted by Crippen LogP contribution is -2.46. The summed E-state index contributed by atoms with van der Waals surface area (Å²) in [5.41, 5.74) is -0.281. The van der Waals surface area contributed by atoms with Crippen molar-refractivity contribution in [3.8, 4) is 0 Å². The minimum absolute atomic E-state index is 0.0521. The Morgan fingerprint density at radius 1 is 1.50 bits per heavy atom. The van der Waals surface area contributed by atoms with Crippen molar-refractivity contribution in [1.29, 1.82) is 0 Å². The Morgan fingerprint density at radius 2 is 2.20 bits per heavy atom. The van der Waals surface area contributed by atoms with E-state index in [9.17, 15) is 4.79 Å². The van der Waals surface area contributed by atoms with E-state index >= 15 is 0 Å². The predicted octanol–water partition coefficient (Wildman–Crippen LogP) is 1.67. The van der Waals surface area contributed by atoms with E-state index in [1.54, 1.807) is 25.1 Å². The Bertz CT molecular complexity index is 469. The quantitative estimate of drug-likeness (QED) is 0.733. The molecule has 1 aliphatic rings. The van der Waals surface area contributed by atoms with Gasteiger partial charge in [0.05, 0.1) is 23.8 Å². The van der Waals surface area contributed by atoms with Crippen molar-refractivity contribution in [3.63, 3.8) is 0 Å². The summed E-state index contributed by atoms with van der Waals surface area (Å²) >= 11 is 3.40. The summed E-state index contributed by atoms with van der Waals surface area (Å²) < 4.78 is 18.3. The van der Waals surface area contributed by atoms with Crippen LogP contribution in [0.25, 0.3) is 0 Å². The van der Waals surface area contributed by atoms with E-state index in [4.69, 9.17) is 14.2 Å². The normalized spacial score (nSPS) is 18.1. The number of hydrogen-bond acceptors (Lipinski definition) is 5. The average molecular weight is 347 g/mol. The van der Waals surface area contributed by atoms with Crippen molar-refractivity contribution in [2.45, 2.75) is 25.0 Å². The van der Waals surface area contributed by atoms with Gasteiger partial charge in [0.2, 0.25) is 5.78 Å². The summed E-state index contributed by atoms with van der Waals surface area (Å²) in [6.07, 6.45) is 2.75. The van der Waals surface area contributed by atoms with Gasteiger partial charge in [-0.15, -0.1) is 0 Å². The van der Waals surface area contributed by atoms with Gasteiger partial charge in [0.25, 0.3) is 0 Å². The Balaban J connectivity index is 2.29. The van der Waals surface area contributed by atoms with Crippen LogP contribution in [0.3, 0.4) is 0 Å². The summed E-state index contributed by atoms with van der Waals surface area (Å²) in [5, 5.41) is 4.22. The zero-order valence-corrected chi connectivity index (χ0v) is 13.3. The number of rotatable bonds is 6. The fraction of sp³-hybridized carbons (Fsp3) is 0.692. The van der Waals surface area contributed by atoms with Crippen LogP contribution in [0.1, 0.15) is 23.3 Å². The van der Waals surface area contributed by atoms with E-state index in [2.05, 4.69) is 21.0 Å². The van der Waals surface area contributed by atoms with Crippen molar-refractivity contribution in [1.82, 2.24) is 9.78 Å². The number of carbonyl (C=O) groups excluding carboxylic acids is 1. The number of ketones is 1. The highest BCUT2D eigenvalue weighted by molar-refractivity contribution is 9.10. The smallest absolute Gasteiger partial charge is 0.213 e. The topological polar surface area (TPSA) is 62.6 Å². The largest absolute Gasteiger partial charge is 0.383 e. The first-order valence-electron chi connectivity index (χ1n) is 6.52. The fourth-order valence-corrected chi connectivity index (χ4v) is 2.85. The molecule has 2 heterocycles.